The van der Waals surface area contributed by atoms with Crippen LogP contribution in [-0.2, 0) is 19.1 Å². The lowest BCUT2D eigenvalue weighted by molar-refractivity contribution is -0.156. The Morgan fingerprint density at radius 1 is 1.33 bits per heavy atom. The Bertz CT molecular complexity index is 428. The van der Waals surface area contributed by atoms with Gasteiger partial charge in [0.1, 0.15) is 6.04 Å². The Morgan fingerprint density at radius 2 is 2.00 bits per heavy atom. The summed E-state index contributed by atoms with van der Waals surface area (Å²) in [5, 5.41) is 9.37. The fraction of sp³-hybridized carbons (Fsp3) is 0.800. The number of methoxy groups -OCH3 is 1. The minimum atomic E-state index is -1.11. The van der Waals surface area contributed by atoms with Crippen molar-refractivity contribution in [2.45, 2.75) is 57.4 Å². The standard InChI is InChI=1S/C15H23NO5/c1-21-9-5-6-11(13(18)19)16-12(17)10-15(14(16)20)7-3-2-4-8-15/h11H,2-10H2,1H3,(H,18,19). The summed E-state index contributed by atoms with van der Waals surface area (Å²) in [4.78, 5) is 37.4. The smallest absolute Gasteiger partial charge is 0.326 e. The van der Waals surface area contributed by atoms with Crippen molar-refractivity contribution in [2.75, 3.05) is 13.7 Å². The molecule has 1 spiro atoms. The summed E-state index contributed by atoms with van der Waals surface area (Å²) < 4.78 is 4.92. The maximum atomic E-state index is 12.7. The van der Waals surface area contributed by atoms with Crippen molar-refractivity contribution in [3.63, 3.8) is 0 Å². The molecule has 6 heteroatoms. The second kappa shape index (κ2) is 6.56. The number of carboxylic acids is 1. The lowest BCUT2D eigenvalue weighted by Crippen LogP contribution is -2.47. The Hall–Kier alpha value is -1.43. The van der Waals surface area contributed by atoms with Gasteiger partial charge >= 0.3 is 5.97 Å². The summed E-state index contributed by atoms with van der Waals surface area (Å²) in [6.45, 7) is 0.422. The Kier molecular flexibility index (Phi) is 4.98. The van der Waals surface area contributed by atoms with Crippen molar-refractivity contribution in [1.29, 1.82) is 0 Å². The van der Waals surface area contributed by atoms with Crippen molar-refractivity contribution < 1.29 is 24.2 Å². The topological polar surface area (TPSA) is 83.9 Å². The van der Waals surface area contributed by atoms with Crippen molar-refractivity contribution in [3.05, 3.63) is 0 Å². The van der Waals surface area contributed by atoms with E-state index in [9.17, 15) is 19.5 Å². The first-order chi connectivity index (χ1) is 10.0. The summed E-state index contributed by atoms with van der Waals surface area (Å²) >= 11 is 0. The Labute approximate surface area is 124 Å². The maximum Gasteiger partial charge on any atom is 0.326 e. The van der Waals surface area contributed by atoms with Gasteiger partial charge in [-0.2, -0.15) is 0 Å². The fourth-order valence-electron chi connectivity index (χ4n) is 3.54. The SMILES string of the molecule is COCCCC(C(=O)O)N1C(=O)CC2(CCCCC2)C1=O. The molecule has 1 saturated carbocycles. The molecule has 6 nitrogen and oxygen atoms in total. The Balaban J connectivity index is 2.14. The van der Waals surface area contributed by atoms with Gasteiger partial charge in [0.15, 0.2) is 0 Å². The minimum Gasteiger partial charge on any atom is -0.480 e. The van der Waals surface area contributed by atoms with E-state index in [0.29, 0.717) is 25.9 Å². The second-order valence-electron chi connectivity index (χ2n) is 6.08. The van der Waals surface area contributed by atoms with Crippen molar-refractivity contribution in [2.24, 2.45) is 5.41 Å². The van der Waals surface area contributed by atoms with Crippen LogP contribution in [0.2, 0.25) is 0 Å². The van der Waals surface area contributed by atoms with Gasteiger partial charge in [0.2, 0.25) is 11.8 Å². The van der Waals surface area contributed by atoms with E-state index in [1.54, 1.807) is 7.11 Å². The predicted octanol–water partition coefficient (Wildman–Crippen LogP) is 1.58. The highest BCUT2D eigenvalue weighted by molar-refractivity contribution is 6.08. The van der Waals surface area contributed by atoms with Crippen molar-refractivity contribution >= 4 is 17.8 Å². The van der Waals surface area contributed by atoms with Crippen molar-refractivity contribution in [1.82, 2.24) is 4.90 Å². The molecule has 2 rings (SSSR count). The largest absolute Gasteiger partial charge is 0.480 e. The number of carbonyl (C=O) groups is 3. The molecule has 1 atom stereocenters. The molecule has 2 amide bonds. The zero-order valence-electron chi connectivity index (χ0n) is 12.5. The van der Waals surface area contributed by atoms with Crippen LogP contribution >= 0.6 is 0 Å². The third kappa shape index (κ3) is 3.10. The van der Waals surface area contributed by atoms with Crippen LogP contribution in [0.1, 0.15) is 51.4 Å². The van der Waals surface area contributed by atoms with E-state index in [1.807, 2.05) is 0 Å². The number of likely N-dealkylation sites (tertiary alicyclic amines) is 1. The number of carboxylic acid groups (broad SMARTS) is 1. The lowest BCUT2D eigenvalue weighted by atomic mass is 9.73. The maximum absolute atomic E-state index is 12.7. The highest BCUT2D eigenvalue weighted by Gasteiger charge is 2.54. The van der Waals surface area contributed by atoms with Crippen LogP contribution in [0.3, 0.4) is 0 Å². The van der Waals surface area contributed by atoms with Gasteiger partial charge in [0.05, 0.1) is 5.41 Å². The van der Waals surface area contributed by atoms with Gasteiger partial charge in [-0.15, -0.1) is 0 Å². The first-order valence-electron chi connectivity index (χ1n) is 7.60. The molecule has 1 heterocycles. The van der Waals surface area contributed by atoms with Gasteiger partial charge in [-0.1, -0.05) is 19.3 Å². The van der Waals surface area contributed by atoms with Crippen LogP contribution in [0.4, 0.5) is 0 Å². The number of carbonyl (C=O) groups excluding carboxylic acids is 2. The van der Waals surface area contributed by atoms with Crippen molar-refractivity contribution in [3.8, 4) is 0 Å². The molecule has 0 radical (unpaired) electrons. The first kappa shape index (κ1) is 15.9. The number of ether oxygens (including phenoxy) is 1. The number of nitrogens with zero attached hydrogens (tertiary/aromatic N) is 1. The van der Waals surface area contributed by atoms with E-state index in [-0.39, 0.29) is 24.7 Å². The monoisotopic (exact) mass is 297 g/mol. The highest BCUT2D eigenvalue weighted by Crippen LogP contribution is 2.46. The summed E-state index contributed by atoms with van der Waals surface area (Å²) in [5.41, 5.74) is -0.621. The molecule has 0 aromatic carbocycles. The summed E-state index contributed by atoms with van der Waals surface area (Å²) in [7, 11) is 1.54. The molecule has 0 aromatic heterocycles. The molecular weight excluding hydrogens is 274 g/mol. The van der Waals surface area contributed by atoms with Gasteiger partial charge < -0.3 is 9.84 Å². The molecule has 1 aliphatic heterocycles. The van der Waals surface area contributed by atoms with Gasteiger partial charge in [0, 0.05) is 20.1 Å². The summed E-state index contributed by atoms with van der Waals surface area (Å²) in [6, 6.07) is -1.05. The third-order valence-corrected chi connectivity index (χ3v) is 4.66. The van der Waals surface area contributed by atoms with Crippen LogP contribution < -0.4 is 0 Å². The molecule has 118 valence electrons. The van der Waals surface area contributed by atoms with E-state index in [0.717, 1.165) is 24.2 Å². The van der Waals surface area contributed by atoms with Crippen LogP contribution in [0.25, 0.3) is 0 Å². The predicted molar refractivity (Wildman–Crippen MR) is 74.5 cm³/mol. The molecule has 21 heavy (non-hydrogen) atoms. The average Bonchev–Trinajstić information content (AvgIpc) is 2.68. The summed E-state index contributed by atoms with van der Waals surface area (Å²) in [6.07, 6.45) is 5.31. The molecule has 2 aliphatic rings. The lowest BCUT2D eigenvalue weighted by Gasteiger charge is -2.31. The van der Waals surface area contributed by atoms with Crippen LogP contribution in [0.5, 0.6) is 0 Å². The molecule has 1 aliphatic carbocycles. The Morgan fingerprint density at radius 3 is 2.57 bits per heavy atom. The van der Waals surface area contributed by atoms with Gasteiger partial charge in [-0.3, -0.25) is 14.5 Å². The molecular formula is C15H23NO5. The van der Waals surface area contributed by atoms with Gasteiger partial charge in [-0.25, -0.2) is 4.79 Å². The number of aliphatic carboxylic acids is 1. The third-order valence-electron chi connectivity index (χ3n) is 4.66. The molecule has 1 unspecified atom stereocenters. The van der Waals surface area contributed by atoms with Crippen LogP contribution in [0, 0.1) is 5.41 Å². The van der Waals surface area contributed by atoms with E-state index >= 15 is 0 Å². The van der Waals surface area contributed by atoms with Gasteiger partial charge in [-0.05, 0) is 25.7 Å². The first-order valence-corrected chi connectivity index (χ1v) is 7.60. The van der Waals surface area contributed by atoms with Crippen LogP contribution in [0.15, 0.2) is 0 Å². The number of hydrogen-bond donors (Lipinski definition) is 1. The molecule has 2 fully saturated rings. The quantitative estimate of drug-likeness (QED) is 0.594. The number of hydrogen-bond acceptors (Lipinski definition) is 4. The highest BCUT2D eigenvalue weighted by atomic mass is 16.5. The number of imide groups is 1. The fourth-order valence-corrected chi connectivity index (χ4v) is 3.54. The number of amides is 2. The zero-order valence-corrected chi connectivity index (χ0v) is 12.5. The van der Waals surface area contributed by atoms with E-state index in [4.69, 9.17) is 4.74 Å². The second-order valence-corrected chi connectivity index (χ2v) is 6.08. The van der Waals surface area contributed by atoms with E-state index in [1.165, 1.54) is 0 Å². The average molecular weight is 297 g/mol. The summed E-state index contributed by atoms with van der Waals surface area (Å²) in [5.74, 6) is -1.70. The number of rotatable bonds is 6. The molecule has 1 N–H and O–H groups in total. The molecule has 0 bridgehead atoms. The molecule has 1 saturated heterocycles. The minimum absolute atomic E-state index is 0.180. The van der Waals surface area contributed by atoms with Gasteiger partial charge in [0.25, 0.3) is 0 Å². The molecule has 0 aromatic rings. The van der Waals surface area contributed by atoms with E-state index < -0.39 is 17.4 Å². The van der Waals surface area contributed by atoms with E-state index in [2.05, 4.69) is 0 Å². The normalized spacial score (nSPS) is 22.8. The zero-order chi connectivity index (χ0) is 15.5. The van der Waals surface area contributed by atoms with Crippen LogP contribution in [-0.4, -0.2) is 47.5 Å².